The summed E-state index contributed by atoms with van der Waals surface area (Å²) in [6.45, 7) is 2.29. The van der Waals surface area contributed by atoms with Crippen molar-refractivity contribution in [2.24, 2.45) is 0 Å². The number of amides is 2. The molecular weight excluding hydrogens is 296 g/mol. The number of nitrogens with zero attached hydrogens (tertiary/aromatic N) is 1. The number of ether oxygens (including phenoxy) is 1. The summed E-state index contributed by atoms with van der Waals surface area (Å²) >= 11 is 0. The number of hydrogen-bond acceptors (Lipinski definition) is 4. The Morgan fingerprint density at radius 1 is 1.35 bits per heavy atom. The van der Waals surface area contributed by atoms with Gasteiger partial charge < -0.3 is 19.4 Å². The normalized spacial score (nSPS) is 16.3. The van der Waals surface area contributed by atoms with Crippen LogP contribution in [0, 0.1) is 6.92 Å². The van der Waals surface area contributed by atoms with Gasteiger partial charge in [0.05, 0.1) is 24.9 Å². The lowest BCUT2D eigenvalue weighted by atomic mass is 10.1. The molecule has 2 amide bonds. The van der Waals surface area contributed by atoms with Gasteiger partial charge in [0, 0.05) is 7.05 Å². The molecule has 0 spiro atoms. The summed E-state index contributed by atoms with van der Waals surface area (Å²) in [5.74, 6) is 0.789. The molecule has 1 aromatic heterocycles. The molecule has 0 saturated heterocycles. The number of fused-ring (bicyclic) bond motifs is 1. The van der Waals surface area contributed by atoms with Crippen molar-refractivity contribution in [2.75, 3.05) is 12.4 Å². The molecule has 1 N–H and O–H groups in total. The minimum Gasteiger partial charge on any atom is -0.478 e. The van der Waals surface area contributed by atoms with E-state index in [0.29, 0.717) is 23.7 Å². The van der Waals surface area contributed by atoms with Crippen LogP contribution in [0.3, 0.4) is 0 Å². The Balaban J connectivity index is 1.64. The number of anilines is 1. The lowest BCUT2D eigenvalue weighted by Gasteiger charge is -2.27. The van der Waals surface area contributed by atoms with E-state index in [1.807, 2.05) is 19.1 Å². The zero-order valence-corrected chi connectivity index (χ0v) is 13.0. The molecule has 1 aromatic carbocycles. The zero-order valence-electron chi connectivity index (χ0n) is 13.0. The van der Waals surface area contributed by atoms with Crippen LogP contribution in [-0.4, -0.2) is 29.9 Å². The molecule has 6 heteroatoms. The van der Waals surface area contributed by atoms with Crippen LogP contribution >= 0.6 is 0 Å². The summed E-state index contributed by atoms with van der Waals surface area (Å²) in [7, 11) is 1.67. The Hall–Kier alpha value is -2.76. The monoisotopic (exact) mass is 314 g/mol. The fourth-order valence-corrected chi connectivity index (χ4v) is 2.44. The first kappa shape index (κ1) is 15.1. The molecule has 23 heavy (non-hydrogen) atoms. The minimum absolute atomic E-state index is 0.0175. The zero-order chi connectivity index (χ0) is 16.4. The van der Waals surface area contributed by atoms with Crippen LogP contribution in [0.15, 0.2) is 41.0 Å². The molecule has 2 heterocycles. The second-order valence-electron chi connectivity index (χ2n) is 5.63. The first-order valence-electron chi connectivity index (χ1n) is 7.37. The van der Waals surface area contributed by atoms with Gasteiger partial charge in [-0.3, -0.25) is 9.59 Å². The minimum atomic E-state index is -0.822. The SMILES string of the molecule is Cc1ccc2c(c1)NC(=O)C(CC(=O)N(C)Cc1ccco1)O2. The molecule has 6 nitrogen and oxygen atoms in total. The van der Waals surface area contributed by atoms with Gasteiger partial charge in [-0.05, 0) is 36.8 Å². The van der Waals surface area contributed by atoms with Crippen molar-refractivity contribution >= 4 is 17.5 Å². The molecule has 0 radical (unpaired) electrons. The van der Waals surface area contributed by atoms with E-state index in [4.69, 9.17) is 9.15 Å². The van der Waals surface area contributed by atoms with Gasteiger partial charge in [-0.2, -0.15) is 0 Å². The molecule has 2 aromatic rings. The van der Waals surface area contributed by atoms with Crippen LogP contribution in [0.5, 0.6) is 5.75 Å². The fourth-order valence-electron chi connectivity index (χ4n) is 2.44. The van der Waals surface area contributed by atoms with Crippen molar-refractivity contribution in [1.29, 1.82) is 0 Å². The molecule has 1 unspecified atom stereocenters. The predicted molar refractivity (Wildman–Crippen MR) is 84.0 cm³/mol. The number of rotatable bonds is 4. The topological polar surface area (TPSA) is 71.8 Å². The van der Waals surface area contributed by atoms with E-state index in [1.165, 1.54) is 4.90 Å². The van der Waals surface area contributed by atoms with Crippen LogP contribution in [0.25, 0.3) is 0 Å². The lowest BCUT2D eigenvalue weighted by Crippen LogP contribution is -2.41. The van der Waals surface area contributed by atoms with Crippen LogP contribution in [0.2, 0.25) is 0 Å². The van der Waals surface area contributed by atoms with E-state index < -0.39 is 6.10 Å². The molecule has 0 fully saturated rings. The van der Waals surface area contributed by atoms with Gasteiger partial charge in [0.15, 0.2) is 6.10 Å². The van der Waals surface area contributed by atoms with E-state index in [2.05, 4.69) is 5.32 Å². The Kier molecular flexibility index (Phi) is 4.06. The first-order chi connectivity index (χ1) is 11.0. The summed E-state index contributed by atoms with van der Waals surface area (Å²) in [4.78, 5) is 25.9. The first-order valence-corrected chi connectivity index (χ1v) is 7.37. The van der Waals surface area contributed by atoms with Gasteiger partial charge in [-0.1, -0.05) is 6.07 Å². The highest BCUT2D eigenvalue weighted by Gasteiger charge is 2.30. The third-order valence-electron chi connectivity index (χ3n) is 3.71. The summed E-state index contributed by atoms with van der Waals surface area (Å²) in [5.41, 5.74) is 1.67. The molecule has 1 atom stereocenters. The number of benzene rings is 1. The van der Waals surface area contributed by atoms with Crippen LogP contribution in [-0.2, 0) is 16.1 Å². The average molecular weight is 314 g/mol. The van der Waals surface area contributed by atoms with Crippen LogP contribution < -0.4 is 10.1 Å². The quantitative estimate of drug-likeness (QED) is 0.940. The van der Waals surface area contributed by atoms with Crippen molar-refractivity contribution in [3.05, 3.63) is 47.9 Å². The van der Waals surface area contributed by atoms with Crippen LogP contribution in [0.4, 0.5) is 5.69 Å². The second-order valence-corrected chi connectivity index (χ2v) is 5.63. The third kappa shape index (κ3) is 3.36. The van der Waals surface area contributed by atoms with Crippen molar-refractivity contribution < 1.29 is 18.7 Å². The highest BCUT2D eigenvalue weighted by atomic mass is 16.5. The fraction of sp³-hybridized carbons (Fsp3) is 0.294. The van der Waals surface area contributed by atoms with E-state index in [0.717, 1.165) is 5.56 Å². The third-order valence-corrected chi connectivity index (χ3v) is 3.71. The van der Waals surface area contributed by atoms with E-state index in [9.17, 15) is 9.59 Å². The Morgan fingerprint density at radius 3 is 2.91 bits per heavy atom. The molecule has 3 rings (SSSR count). The Labute approximate surface area is 134 Å². The maximum atomic E-state index is 12.3. The van der Waals surface area contributed by atoms with Gasteiger partial charge in [0.2, 0.25) is 5.91 Å². The van der Waals surface area contributed by atoms with Gasteiger partial charge >= 0.3 is 0 Å². The molecular formula is C17H18N2O4. The van der Waals surface area contributed by atoms with Crippen molar-refractivity contribution in [3.8, 4) is 5.75 Å². The summed E-state index contributed by atoms with van der Waals surface area (Å²) < 4.78 is 10.9. The second kappa shape index (κ2) is 6.16. The van der Waals surface area contributed by atoms with Crippen LogP contribution in [0.1, 0.15) is 17.7 Å². The number of hydrogen-bond donors (Lipinski definition) is 1. The van der Waals surface area contributed by atoms with Gasteiger partial charge in [-0.25, -0.2) is 0 Å². The van der Waals surface area contributed by atoms with E-state index >= 15 is 0 Å². The number of carbonyl (C=O) groups excluding carboxylic acids is 2. The van der Waals surface area contributed by atoms with Gasteiger partial charge in [0.25, 0.3) is 5.91 Å². The number of furan rings is 1. The standard InChI is InChI=1S/C17H18N2O4/c1-11-5-6-14-13(8-11)18-17(21)15(23-14)9-16(20)19(2)10-12-4-3-7-22-12/h3-8,15H,9-10H2,1-2H3,(H,18,21). The molecule has 0 bridgehead atoms. The lowest BCUT2D eigenvalue weighted by molar-refractivity contribution is -0.136. The smallest absolute Gasteiger partial charge is 0.266 e. The largest absolute Gasteiger partial charge is 0.478 e. The average Bonchev–Trinajstić information content (AvgIpc) is 3.01. The molecule has 1 aliphatic heterocycles. The van der Waals surface area contributed by atoms with E-state index in [1.54, 1.807) is 31.5 Å². The van der Waals surface area contributed by atoms with Gasteiger partial charge in [-0.15, -0.1) is 0 Å². The van der Waals surface area contributed by atoms with Gasteiger partial charge in [0.1, 0.15) is 11.5 Å². The molecule has 0 saturated carbocycles. The van der Waals surface area contributed by atoms with Crippen molar-refractivity contribution in [1.82, 2.24) is 4.90 Å². The molecule has 1 aliphatic rings. The van der Waals surface area contributed by atoms with Crippen molar-refractivity contribution in [2.45, 2.75) is 26.0 Å². The highest BCUT2D eigenvalue weighted by Crippen LogP contribution is 2.31. The maximum Gasteiger partial charge on any atom is 0.266 e. The highest BCUT2D eigenvalue weighted by molar-refractivity contribution is 6.00. The maximum absolute atomic E-state index is 12.3. The van der Waals surface area contributed by atoms with Crippen molar-refractivity contribution in [3.63, 3.8) is 0 Å². The molecule has 0 aliphatic carbocycles. The summed E-state index contributed by atoms with van der Waals surface area (Å²) in [6.07, 6.45) is 0.720. The summed E-state index contributed by atoms with van der Waals surface area (Å²) in [5, 5.41) is 2.79. The summed E-state index contributed by atoms with van der Waals surface area (Å²) in [6, 6.07) is 9.11. The number of aryl methyl sites for hydroxylation is 1. The Morgan fingerprint density at radius 2 is 2.17 bits per heavy atom. The Bertz CT molecular complexity index is 724. The van der Waals surface area contributed by atoms with E-state index in [-0.39, 0.29) is 18.2 Å². The predicted octanol–water partition coefficient (Wildman–Crippen LogP) is 2.34. The number of nitrogens with one attached hydrogen (secondary N) is 1. The number of carbonyl (C=O) groups is 2. The molecule has 120 valence electrons.